The van der Waals surface area contributed by atoms with E-state index in [1.54, 1.807) is 25.3 Å². The molecule has 0 bridgehead atoms. The molecule has 1 aromatic heterocycles. The molecule has 1 saturated heterocycles. The number of hydrogen-bond donors (Lipinski definition) is 0. The Bertz CT molecular complexity index is 731. The van der Waals surface area contributed by atoms with Crippen LogP contribution in [0, 0.1) is 18.2 Å². The summed E-state index contributed by atoms with van der Waals surface area (Å²) in [7, 11) is 0. The van der Waals surface area contributed by atoms with Crippen molar-refractivity contribution >= 4 is 17.6 Å². The van der Waals surface area contributed by atoms with Crippen LogP contribution < -0.4 is 4.90 Å². The second kappa shape index (κ2) is 6.94. The fraction of sp³-hybridized carbons (Fsp3) is 0.500. The second-order valence-corrected chi connectivity index (χ2v) is 8.46. The van der Waals surface area contributed by atoms with Gasteiger partial charge in [-0.2, -0.15) is 0 Å². The quantitative estimate of drug-likeness (QED) is 0.751. The van der Waals surface area contributed by atoms with Gasteiger partial charge in [0.05, 0.1) is 12.4 Å². The lowest BCUT2D eigenvalue weighted by Gasteiger charge is -2.39. The standard InChI is InChI=1S/C20H24FN3S/c1-15-5-4-6-16(19(15)21)25-18-14-22-17(13-23-18)24-11-9-20(10-12-24)7-2-3-8-20/h4-6,13-14H,2-3,7-12H2,1H3. The summed E-state index contributed by atoms with van der Waals surface area (Å²) in [5.41, 5.74) is 1.27. The van der Waals surface area contributed by atoms with Crippen molar-refractivity contribution in [2.75, 3.05) is 18.0 Å². The number of halogens is 1. The smallest absolute Gasteiger partial charge is 0.147 e. The van der Waals surface area contributed by atoms with Crippen LogP contribution in [0.3, 0.4) is 0 Å². The van der Waals surface area contributed by atoms with Gasteiger partial charge in [0.25, 0.3) is 0 Å². The maximum atomic E-state index is 14.1. The van der Waals surface area contributed by atoms with Crippen molar-refractivity contribution in [3.63, 3.8) is 0 Å². The van der Waals surface area contributed by atoms with Crippen molar-refractivity contribution in [2.45, 2.75) is 55.4 Å². The van der Waals surface area contributed by atoms with E-state index in [4.69, 9.17) is 0 Å². The molecule has 0 radical (unpaired) electrons. The van der Waals surface area contributed by atoms with Gasteiger partial charge in [0.15, 0.2) is 0 Å². The minimum absolute atomic E-state index is 0.170. The van der Waals surface area contributed by atoms with Crippen molar-refractivity contribution in [2.24, 2.45) is 5.41 Å². The molecule has 2 aliphatic rings. The van der Waals surface area contributed by atoms with Crippen molar-refractivity contribution in [3.05, 3.63) is 42.0 Å². The SMILES string of the molecule is Cc1cccc(Sc2cnc(N3CCC4(CCCC4)CC3)cn2)c1F. The lowest BCUT2D eigenvalue weighted by Crippen LogP contribution is -2.39. The third-order valence-electron chi connectivity index (χ3n) is 5.80. The Morgan fingerprint density at radius 3 is 2.48 bits per heavy atom. The van der Waals surface area contributed by atoms with E-state index in [-0.39, 0.29) is 5.82 Å². The molecule has 1 spiro atoms. The highest BCUT2D eigenvalue weighted by Gasteiger charge is 2.37. The molecule has 2 heterocycles. The average molecular weight is 357 g/mol. The highest BCUT2D eigenvalue weighted by atomic mass is 32.2. The number of nitrogens with zero attached hydrogens (tertiary/aromatic N) is 3. The number of anilines is 1. The molecule has 1 saturated carbocycles. The van der Waals surface area contributed by atoms with Crippen LogP contribution in [0.1, 0.15) is 44.1 Å². The van der Waals surface area contributed by atoms with Crippen LogP contribution in [0.4, 0.5) is 10.2 Å². The maximum absolute atomic E-state index is 14.1. The van der Waals surface area contributed by atoms with Crippen molar-refractivity contribution in [1.29, 1.82) is 0 Å². The Labute approximate surface area is 153 Å². The monoisotopic (exact) mass is 357 g/mol. The molecule has 0 atom stereocenters. The molecular formula is C20H24FN3S. The number of piperidine rings is 1. The molecule has 1 aliphatic heterocycles. The molecule has 2 fully saturated rings. The molecule has 2 aromatic rings. The van der Waals surface area contributed by atoms with Gasteiger partial charge in [-0.05, 0) is 49.7 Å². The predicted octanol–water partition coefficient (Wildman–Crippen LogP) is 5.24. The average Bonchev–Trinajstić information content (AvgIpc) is 3.09. The number of aromatic nitrogens is 2. The van der Waals surface area contributed by atoms with E-state index in [2.05, 4.69) is 14.9 Å². The van der Waals surface area contributed by atoms with Crippen LogP contribution in [-0.4, -0.2) is 23.1 Å². The zero-order chi connectivity index (χ0) is 17.3. The minimum atomic E-state index is -0.170. The topological polar surface area (TPSA) is 29.0 Å². The van der Waals surface area contributed by atoms with Crippen molar-refractivity contribution in [1.82, 2.24) is 9.97 Å². The second-order valence-electron chi connectivity index (χ2n) is 7.40. The van der Waals surface area contributed by atoms with Gasteiger partial charge < -0.3 is 4.90 Å². The summed E-state index contributed by atoms with van der Waals surface area (Å²) in [6.45, 7) is 3.93. The Balaban J connectivity index is 1.41. The van der Waals surface area contributed by atoms with E-state index >= 15 is 0 Å². The third kappa shape index (κ3) is 3.52. The van der Waals surface area contributed by atoms with Crippen LogP contribution in [0.2, 0.25) is 0 Å². The fourth-order valence-electron chi connectivity index (χ4n) is 4.17. The van der Waals surface area contributed by atoms with E-state index in [1.165, 1.54) is 50.3 Å². The summed E-state index contributed by atoms with van der Waals surface area (Å²) < 4.78 is 14.1. The summed E-state index contributed by atoms with van der Waals surface area (Å²) in [6.07, 6.45) is 11.8. The van der Waals surface area contributed by atoms with Gasteiger partial charge in [-0.1, -0.05) is 36.7 Å². The normalized spacial score (nSPS) is 19.5. The van der Waals surface area contributed by atoms with Crippen LogP contribution in [-0.2, 0) is 0 Å². The van der Waals surface area contributed by atoms with Gasteiger partial charge in [0.2, 0.25) is 0 Å². The first-order chi connectivity index (χ1) is 12.2. The molecule has 25 heavy (non-hydrogen) atoms. The molecule has 0 N–H and O–H groups in total. The molecule has 1 aliphatic carbocycles. The Hall–Kier alpha value is -1.62. The minimum Gasteiger partial charge on any atom is -0.355 e. The lowest BCUT2D eigenvalue weighted by molar-refractivity contribution is 0.226. The molecule has 0 unspecified atom stereocenters. The van der Waals surface area contributed by atoms with Crippen LogP contribution in [0.25, 0.3) is 0 Å². The van der Waals surface area contributed by atoms with Crippen LogP contribution in [0.15, 0.2) is 40.5 Å². The van der Waals surface area contributed by atoms with Crippen molar-refractivity contribution in [3.8, 4) is 0 Å². The first-order valence-corrected chi connectivity index (χ1v) is 9.97. The zero-order valence-electron chi connectivity index (χ0n) is 14.7. The van der Waals surface area contributed by atoms with Crippen molar-refractivity contribution < 1.29 is 4.39 Å². The number of benzene rings is 1. The lowest BCUT2D eigenvalue weighted by atomic mass is 9.77. The Morgan fingerprint density at radius 1 is 1.04 bits per heavy atom. The summed E-state index contributed by atoms with van der Waals surface area (Å²) in [4.78, 5) is 12.0. The molecule has 132 valence electrons. The van der Waals surface area contributed by atoms with E-state index in [1.807, 2.05) is 12.3 Å². The van der Waals surface area contributed by atoms with E-state index in [9.17, 15) is 4.39 Å². The van der Waals surface area contributed by atoms with Crippen LogP contribution in [0.5, 0.6) is 0 Å². The third-order valence-corrected chi connectivity index (χ3v) is 6.75. The van der Waals surface area contributed by atoms with E-state index in [0.29, 0.717) is 15.9 Å². The molecule has 5 heteroatoms. The fourth-order valence-corrected chi connectivity index (χ4v) is 5.01. The molecule has 1 aromatic carbocycles. The van der Waals surface area contributed by atoms with E-state index < -0.39 is 0 Å². The van der Waals surface area contributed by atoms with Gasteiger partial charge >= 0.3 is 0 Å². The summed E-state index contributed by atoms with van der Waals surface area (Å²) in [5, 5.41) is 0.734. The first-order valence-electron chi connectivity index (χ1n) is 9.15. The molecular weight excluding hydrogens is 333 g/mol. The van der Waals surface area contributed by atoms with Gasteiger partial charge in [0, 0.05) is 18.0 Å². The summed E-state index contributed by atoms with van der Waals surface area (Å²) in [5.74, 6) is 0.776. The highest BCUT2D eigenvalue weighted by Crippen LogP contribution is 2.46. The van der Waals surface area contributed by atoms with Crippen LogP contribution >= 0.6 is 11.8 Å². The largest absolute Gasteiger partial charge is 0.355 e. The predicted molar refractivity (Wildman–Crippen MR) is 99.6 cm³/mol. The molecule has 0 amide bonds. The number of rotatable bonds is 3. The number of aryl methyl sites for hydroxylation is 1. The molecule has 3 nitrogen and oxygen atoms in total. The zero-order valence-corrected chi connectivity index (χ0v) is 15.5. The van der Waals surface area contributed by atoms with E-state index in [0.717, 1.165) is 23.9 Å². The van der Waals surface area contributed by atoms with Gasteiger partial charge in [0.1, 0.15) is 16.7 Å². The Kier molecular flexibility index (Phi) is 4.67. The number of hydrogen-bond acceptors (Lipinski definition) is 4. The summed E-state index contributed by atoms with van der Waals surface area (Å²) in [6, 6.07) is 5.44. The Morgan fingerprint density at radius 2 is 1.80 bits per heavy atom. The van der Waals surface area contributed by atoms with Gasteiger partial charge in [-0.15, -0.1) is 0 Å². The molecule has 4 rings (SSSR count). The van der Waals surface area contributed by atoms with Gasteiger partial charge in [-0.25, -0.2) is 14.4 Å². The highest BCUT2D eigenvalue weighted by molar-refractivity contribution is 7.99. The summed E-state index contributed by atoms with van der Waals surface area (Å²) >= 11 is 1.33. The maximum Gasteiger partial charge on any atom is 0.147 e. The first kappa shape index (κ1) is 16.8. The van der Waals surface area contributed by atoms with Gasteiger partial charge in [-0.3, -0.25) is 0 Å².